The molecule has 0 spiro atoms. The summed E-state index contributed by atoms with van der Waals surface area (Å²) in [5.41, 5.74) is 0. The van der Waals surface area contributed by atoms with Crippen molar-refractivity contribution in [2.75, 3.05) is 13.2 Å². The smallest absolute Gasteiger partial charge is 0.249 e. The molecule has 10 nitrogen and oxygen atoms in total. The molecule has 1 fully saturated rings. The molecule has 350 valence electrons. The van der Waals surface area contributed by atoms with E-state index in [1.165, 1.54) is 148 Å². The van der Waals surface area contributed by atoms with Gasteiger partial charge in [0, 0.05) is 0 Å². The molecule has 8 unspecified atom stereocenters. The molecule has 0 aliphatic carbocycles. The van der Waals surface area contributed by atoms with Gasteiger partial charge in [-0.1, -0.05) is 206 Å². The number of carbonyl (C=O) groups is 1. The van der Waals surface area contributed by atoms with Crippen LogP contribution in [0.2, 0.25) is 0 Å². The number of hydrogen-bond donors (Lipinski definition) is 7. The summed E-state index contributed by atoms with van der Waals surface area (Å²) in [6.07, 6.45) is 35.4. The van der Waals surface area contributed by atoms with Gasteiger partial charge in [-0.2, -0.15) is 0 Å². The van der Waals surface area contributed by atoms with E-state index in [-0.39, 0.29) is 6.61 Å². The lowest BCUT2D eigenvalue weighted by Gasteiger charge is -2.40. The average Bonchev–Trinajstić information content (AvgIpc) is 3.23. The van der Waals surface area contributed by atoms with Crippen LogP contribution < -0.4 is 5.32 Å². The molecule has 1 aliphatic heterocycles. The Balaban J connectivity index is 2.33. The van der Waals surface area contributed by atoms with Crippen molar-refractivity contribution in [3.8, 4) is 0 Å². The summed E-state index contributed by atoms with van der Waals surface area (Å²) in [5, 5.41) is 64.9. The lowest BCUT2D eigenvalue weighted by atomic mass is 9.99. The number of allylic oxidation sites excluding steroid dienone is 2. The minimum Gasteiger partial charge on any atom is -0.394 e. The van der Waals surface area contributed by atoms with Crippen molar-refractivity contribution in [1.29, 1.82) is 0 Å². The maximum atomic E-state index is 13.1. The summed E-state index contributed by atoms with van der Waals surface area (Å²) in [5.74, 6) is -0.586. The third-order valence-electron chi connectivity index (χ3n) is 12.2. The summed E-state index contributed by atoms with van der Waals surface area (Å²) in [6.45, 7) is 3.68. The second kappa shape index (κ2) is 39.7. The Hall–Kier alpha value is -1.11. The van der Waals surface area contributed by atoms with Gasteiger partial charge in [0.1, 0.15) is 30.5 Å². The third-order valence-corrected chi connectivity index (χ3v) is 12.2. The van der Waals surface area contributed by atoms with E-state index >= 15 is 0 Å². The predicted octanol–water partition coefficient (Wildman–Crippen LogP) is 9.87. The van der Waals surface area contributed by atoms with Gasteiger partial charge in [-0.15, -0.1) is 0 Å². The zero-order valence-electron chi connectivity index (χ0n) is 38.1. The Kier molecular flexibility index (Phi) is 37.6. The molecular weight excluding hydrogens is 747 g/mol. The molecule has 1 rings (SSSR count). The summed E-state index contributed by atoms with van der Waals surface area (Å²) < 4.78 is 11.2. The number of aliphatic hydroxyl groups is 6. The van der Waals surface area contributed by atoms with Crippen molar-refractivity contribution in [3.05, 3.63) is 12.2 Å². The first-order valence-electron chi connectivity index (χ1n) is 25.0. The van der Waals surface area contributed by atoms with E-state index in [4.69, 9.17) is 9.47 Å². The molecule has 8 atom stereocenters. The van der Waals surface area contributed by atoms with Gasteiger partial charge in [0.2, 0.25) is 5.91 Å². The number of unbranched alkanes of at least 4 members (excludes halogenated alkanes) is 29. The molecular formula is C49H95NO9. The highest BCUT2D eigenvalue weighted by Gasteiger charge is 2.44. The van der Waals surface area contributed by atoms with E-state index in [0.29, 0.717) is 12.8 Å². The standard InChI is InChI=1S/C49H95NO9/c1-3-5-7-9-11-13-15-17-19-20-21-22-23-24-26-28-30-32-34-36-38-43(53)48(57)50-41(40-58-49-47(56)46(55)45(54)44(39-51)59-49)42(52)37-35-33-31-29-27-25-18-16-14-12-10-8-6-4-2/h22-23,41-47,49,51-56H,3-21,24-40H2,1-2H3,(H,50,57)/b23-22-. The molecule has 0 aromatic rings. The predicted molar refractivity (Wildman–Crippen MR) is 241 cm³/mol. The van der Waals surface area contributed by atoms with Gasteiger partial charge < -0.3 is 45.4 Å². The lowest BCUT2D eigenvalue weighted by Crippen LogP contribution is -2.60. The van der Waals surface area contributed by atoms with Crippen molar-refractivity contribution in [1.82, 2.24) is 5.32 Å². The second-order valence-corrected chi connectivity index (χ2v) is 17.8. The van der Waals surface area contributed by atoms with E-state index < -0.39 is 61.5 Å². The van der Waals surface area contributed by atoms with Crippen LogP contribution in [0.1, 0.15) is 232 Å². The molecule has 1 saturated heterocycles. The third kappa shape index (κ3) is 29.8. The van der Waals surface area contributed by atoms with Crippen LogP contribution in [0.15, 0.2) is 12.2 Å². The number of aliphatic hydroxyl groups excluding tert-OH is 6. The molecule has 1 amide bonds. The van der Waals surface area contributed by atoms with Gasteiger partial charge >= 0.3 is 0 Å². The van der Waals surface area contributed by atoms with Crippen molar-refractivity contribution >= 4 is 5.91 Å². The van der Waals surface area contributed by atoms with Gasteiger partial charge in [0.25, 0.3) is 0 Å². The molecule has 59 heavy (non-hydrogen) atoms. The Morgan fingerprint density at radius 2 is 0.949 bits per heavy atom. The average molecular weight is 842 g/mol. The normalized spacial score (nSPS) is 21.3. The fraction of sp³-hybridized carbons (Fsp3) is 0.939. The monoisotopic (exact) mass is 842 g/mol. The quantitative estimate of drug-likeness (QED) is 0.0234. The minimum absolute atomic E-state index is 0.255. The first-order valence-corrected chi connectivity index (χ1v) is 25.0. The van der Waals surface area contributed by atoms with Crippen molar-refractivity contribution in [3.63, 3.8) is 0 Å². The van der Waals surface area contributed by atoms with E-state index in [2.05, 4.69) is 31.3 Å². The molecule has 1 heterocycles. The first-order chi connectivity index (χ1) is 28.8. The topological polar surface area (TPSA) is 169 Å². The lowest BCUT2D eigenvalue weighted by molar-refractivity contribution is -0.302. The van der Waals surface area contributed by atoms with E-state index in [1.54, 1.807) is 0 Å². The largest absolute Gasteiger partial charge is 0.394 e. The number of nitrogens with one attached hydrogen (secondary N) is 1. The number of amides is 1. The number of ether oxygens (including phenoxy) is 2. The van der Waals surface area contributed by atoms with Crippen LogP contribution in [0.3, 0.4) is 0 Å². The summed E-state index contributed by atoms with van der Waals surface area (Å²) in [4.78, 5) is 13.1. The van der Waals surface area contributed by atoms with Crippen LogP contribution in [0.5, 0.6) is 0 Å². The minimum atomic E-state index is -1.60. The maximum absolute atomic E-state index is 13.1. The van der Waals surface area contributed by atoms with Crippen molar-refractivity contribution in [2.45, 2.75) is 281 Å². The van der Waals surface area contributed by atoms with Gasteiger partial charge in [-0.25, -0.2) is 0 Å². The Bertz CT molecular complexity index is 952. The number of hydrogen-bond acceptors (Lipinski definition) is 9. The highest BCUT2D eigenvalue weighted by Crippen LogP contribution is 2.23. The first kappa shape index (κ1) is 55.9. The van der Waals surface area contributed by atoms with Crippen LogP contribution in [0, 0.1) is 0 Å². The summed E-state index contributed by atoms with van der Waals surface area (Å²) in [7, 11) is 0. The van der Waals surface area contributed by atoms with E-state index in [0.717, 1.165) is 57.8 Å². The van der Waals surface area contributed by atoms with Gasteiger partial charge in [0.05, 0.1) is 25.4 Å². The van der Waals surface area contributed by atoms with Crippen LogP contribution in [-0.4, -0.2) is 98.7 Å². The van der Waals surface area contributed by atoms with Crippen LogP contribution in [0.25, 0.3) is 0 Å². The maximum Gasteiger partial charge on any atom is 0.249 e. The molecule has 0 aromatic heterocycles. The Morgan fingerprint density at radius 1 is 0.559 bits per heavy atom. The highest BCUT2D eigenvalue weighted by atomic mass is 16.7. The molecule has 1 aliphatic rings. The molecule has 0 saturated carbocycles. The number of carbonyl (C=O) groups excluding carboxylic acids is 1. The van der Waals surface area contributed by atoms with Gasteiger partial charge in [0.15, 0.2) is 6.29 Å². The molecule has 0 bridgehead atoms. The molecule has 0 aromatic carbocycles. The highest BCUT2D eigenvalue weighted by molar-refractivity contribution is 5.80. The SMILES string of the molecule is CCCCCCCCCCCC/C=C\CCCCCCCCC(O)C(=O)NC(COC1OC(CO)C(O)C(O)C1O)C(O)CCCCCCCCCCCCCCCC. The fourth-order valence-electron chi connectivity index (χ4n) is 8.10. The number of rotatable bonds is 42. The van der Waals surface area contributed by atoms with Crippen LogP contribution >= 0.6 is 0 Å². The van der Waals surface area contributed by atoms with Crippen LogP contribution in [0.4, 0.5) is 0 Å². The Labute approximate surface area is 361 Å². The zero-order chi connectivity index (χ0) is 43.2. The van der Waals surface area contributed by atoms with Gasteiger partial charge in [-0.05, 0) is 38.5 Å². The van der Waals surface area contributed by atoms with Crippen molar-refractivity contribution in [2.24, 2.45) is 0 Å². The summed E-state index contributed by atoms with van der Waals surface area (Å²) in [6, 6.07) is -0.893. The molecule has 0 radical (unpaired) electrons. The molecule has 10 heteroatoms. The zero-order valence-corrected chi connectivity index (χ0v) is 38.1. The second-order valence-electron chi connectivity index (χ2n) is 17.8. The Morgan fingerprint density at radius 3 is 1.37 bits per heavy atom. The summed E-state index contributed by atoms with van der Waals surface area (Å²) >= 11 is 0. The van der Waals surface area contributed by atoms with Crippen molar-refractivity contribution < 1.29 is 44.9 Å². The van der Waals surface area contributed by atoms with Gasteiger partial charge in [-0.3, -0.25) is 4.79 Å². The van der Waals surface area contributed by atoms with E-state index in [9.17, 15) is 35.4 Å². The van der Waals surface area contributed by atoms with E-state index in [1.807, 2.05) is 0 Å². The molecule has 7 N–H and O–H groups in total. The fourth-order valence-corrected chi connectivity index (χ4v) is 8.10. The van der Waals surface area contributed by atoms with Crippen LogP contribution in [-0.2, 0) is 14.3 Å².